The molecule has 4 rings (SSSR count). The van der Waals surface area contributed by atoms with E-state index in [9.17, 15) is 4.79 Å². The van der Waals surface area contributed by atoms with Crippen molar-refractivity contribution in [3.63, 3.8) is 0 Å². The lowest BCUT2D eigenvalue weighted by Crippen LogP contribution is -2.23. The first kappa shape index (κ1) is 15.0. The van der Waals surface area contributed by atoms with E-state index in [1.54, 1.807) is 12.3 Å². The maximum absolute atomic E-state index is 12.5. The molecule has 0 saturated carbocycles. The Morgan fingerprint density at radius 2 is 1.92 bits per heavy atom. The van der Waals surface area contributed by atoms with Gasteiger partial charge in [-0.2, -0.15) is 0 Å². The van der Waals surface area contributed by atoms with E-state index in [0.717, 1.165) is 18.4 Å². The van der Waals surface area contributed by atoms with E-state index >= 15 is 0 Å². The average Bonchev–Trinajstić information content (AvgIpc) is 3.24. The van der Waals surface area contributed by atoms with Crippen LogP contribution >= 0.6 is 11.6 Å². The Labute approximate surface area is 144 Å². The van der Waals surface area contributed by atoms with Crippen molar-refractivity contribution in [1.29, 1.82) is 0 Å². The second kappa shape index (κ2) is 6.13. The van der Waals surface area contributed by atoms with Gasteiger partial charge in [0.2, 0.25) is 5.91 Å². The second-order valence-electron chi connectivity index (χ2n) is 5.92. The van der Waals surface area contributed by atoms with Crippen molar-refractivity contribution in [2.45, 2.75) is 12.8 Å². The third kappa shape index (κ3) is 2.81. The van der Waals surface area contributed by atoms with Crippen LogP contribution < -0.4 is 5.32 Å². The molecule has 1 aliphatic carbocycles. The van der Waals surface area contributed by atoms with Gasteiger partial charge < -0.3 is 9.73 Å². The Kier molecular flexibility index (Phi) is 3.82. The molecule has 3 aromatic rings. The number of aromatic nitrogens is 1. The number of hydrogen-bond donors (Lipinski definition) is 1. The Hall–Kier alpha value is -2.59. The van der Waals surface area contributed by atoms with Gasteiger partial charge in [-0.05, 0) is 42.2 Å². The highest BCUT2D eigenvalue weighted by atomic mass is 35.5. The first-order chi connectivity index (χ1) is 11.7. The van der Waals surface area contributed by atoms with Gasteiger partial charge in [-0.3, -0.25) is 4.79 Å². The van der Waals surface area contributed by atoms with Crippen LogP contribution in [0.5, 0.6) is 0 Å². The Balaban J connectivity index is 1.48. The monoisotopic (exact) mass is 338 g/mol. The maximum atomic E-state index is 12.5. The number of anilines is 1. The molecule has 1 aliphatic rings. The number of halogens is 1. The van der Waals surface area contributed by atoms with Crippen LogP contribution in [0, 0.1) is 5.92 Å². The number of amides is 1. The van der Waals surface area contributed by atoms with E-state index in [1.807, 2.05) is 24.3 Å². The van der Waals surface area contributed by atoms with Gasteiger partial charge in [-0.15, -0.1) is 0 Å². The van der Waals surface area contributed by atoms with E-state index in [1.165, 1.54) is 17.5 Å². The number of oxazole rings is 1. The molecule has 120 valence electrons. The van der Waals surface area contributed by atoms with Crippen LogP contribution in [0.15, 0.2) is 59.5 Å². The van der Waals surface area contributed by atoms with Crippen LogP contribution in [0.1, 0.15) is 11.1 Å². The zero-order valence-electron chi connectivity index (χ0n) is 12.8. The smallest absolute Gasteiger partial charge is 0.228 e. The summed E-state index contributed by atoms with van der Waals surface area (Å²) in [4.78, 5) is 16.4. The van der Waals surface area contributed by atoms with Crippen LogP contribution in [-0.2, 0) is 17.6 Å². The number of hydrogen-bond acceptors (Lipinski definition) is 3. The predicted molar refractivity (Wildman–Crippen MR) is 92.9 cm³/mol. The zero-order chi connectivity index (χ0) is 16.5. The summed E-state index contributed by atoms with van der Waals surface area (Å²) < 4.78 is 5.26. The van der Waals surface area contributed by atoms with Crippen LogP contribution in [0.25, 0.3) is 11.3 Å². The molecule has 0 fully saturated rings. The highest BCUT2D eigenvalue weighted by Crippen LogP contribution is 2.31. The van der Waals surface area contributed by atoms with Crippen LogP contribution in [-0.4, -0.2) is 10.9 Å². The van der Waals surface area contributed by atoms with Crippen LogP contribution in [0.3, 0.4) is 0 Å². The number of carbonyl (C=O) groups is 1. The highest BCUT2D eigenvalue weighted by Gasteiger charge is 2.27. The van der Waals surface area contributed by atoms with Crippen molar-refractivity contribution >= 4 is 23.2 Å². The van der Waals surface area contributed by atoms with Gasteiger partial charge in [0.05, 0.1) is 11.2 Å². The number of nitrogens with zero attached hydrogens (tertiary/aromatic N) is 1. The summed E-state index contributed by atoms with van der Waals surface area (Å²) in [6.07, 6.45) is 4.53. The van der Waals surface area contributed by atoms with Crippen molar-refractivity contribution in [3.05, 3.63) is 71.2 Å². The largest absolute Gasteiger partial charge is 0.443 e. The van der Waals surface area contributed by atoms with E-state index in [-0.39, 0.29) is 11.8 Å². The lowest BCUT2D eigenvalue weighted by atomic mass is 10.1. The topological polar surface area (TPSA) is 55.1 Å². The minimum Gasteiger partial charge on any atom is -0.443 e. The van der Waals surface area contributed by atoms with Crippen molar-refractivity contribution in [2.24, 2.45) is 5.92 Å². The van der Waals surface area contributed by atoms with E-state index in [2.05, 4.69) is 22.4 Å². The molecule has 1 aromatic heterocycles. The third-order valence-corrected chi connectivity index (χ3v) is 4.67. The fraction of sp³-hybridized carbons (Fsp3) is 0.158. The SMILES string of the molecule is O=C(Nc1ccc(-c2cnco2)c(Cl)c1)C1Cc2ccccc2C1. The molecule has 0 aliphatic heterocycles. The number of nitrogens with one attached hydrogen (secondary N) is 1. The average molecular weight is 339 g/mol. The minimum atomic E-state index is -0.0323. The highest BCUT2D eigenvalue weighted by molar-refractivity contribution is 6.33. The van der Waals surface area contributed by atoms with Crippen molar-refractivity contribution < 1.29 is 9.21 Å². The molecule has 4 nitrogen and oxygen atoms in total. The van der Waals surface area contributed by atoms with Gasteiger partial charge in [0.25, 0.3) is 0 Å². The fourth-order valence-corrected chi connectivity index (χ4v) is 3.40. The molecule has 0 unspecified atom stereocenters. The molecular formula is C19H15ClN2O2. The molecule has 2 aromatic carbocycles. The van der Waals surface area contributed by atoms with Crippen molar-refractivity contribution in [1.82, 2.24) is 4.98 Å². The molecule has 1 heterocycles. The summed E-state index contributed by atoms with van der Waals surface area (Å²) in [6.45, 7) is 0. The van der Waals surface area contributed by atoms with Gasteiger partial charge in [0.15, 0.2) is 12.2 Å². The first-order valence-corrected chi connectivity index (χ1v) is 8.14. The van der Waals surface area contributed by atoms with E-state index < -0.39 is 0 Å². The molecule has 5 heteroatoms. The molecule has 0 saturated heterocycles. The summed E-state index contributed by atoms with van der Waals surface area (Å²) in [5.41, 5.74) is 3.96. The molecule has 0 spiro atoms. The van der Waals surface area contributed by atoms with Gasteiger partial charge in [0.1, 0.15) is 0 Å². The molecule has 24 heavy (non-hydrogen) atoms. The first-order valence-electron chi connectivity index (χ1n) is 7.77. The van der Waals surface area contributed by atoms with Gasteiger partial charge in [-0.1, -0.05) is 35.9 Å². The normalized spacial score (nSPS) is 13.7. The second-order valence-corrected chi connectivity index (χ2v) is 6.33. The summed E-state index contributed by atoms with van der Waals surface area (Å²) in [5.74, 6) is 0.592. The number of fused-ring (bicyclic) bond motifs is 1. The lowest BCUT2D eigenvalue weighted by molar-refractivity contribution is -0.119. The molecule has 1 N–H and O–H groups in total. The summed E-state index contributed by atoms with van der Waals surface area (Å²) in [5, 5.41) is 3.48. The molecule has 0 bridgehead atoms. The zero-order valence-corrected chi connectivity index (χ0v) is 13.6. The number of benzene rings is 2. The standard InChI is InChI=1S/C19H15ClN2O2/c20-17-9-15(5-6-16(17)18-10-21-11-24-18)22-19(23)14-7-12-3-1-2-4-13(12)8-14/h1-6,9-11,14H,7-8H2,(H,22,23). The van der Waals surface area contributed by atoms with Gasteiger partial charge in [-0.25, -0.2) is 4.98 Å². The number of carbonyl (C=O) groups excluding carboxylic acids is 1. The van der Waals surface area contributed by atoms with E-state index in [4.69, 9.17) is 16.0 Å². The Morgan fingerprint density at radius 1 is 1.17 bits per heavy atom. The summed E-state index contributed by atoms with van der Waals surface area (Å²) in [7, 11) is 0. The molecule has 1 amide bonds. The summed E-state index contributed by atoms with van der Waals surface area (Å²) >= 11 is 6.30. The maximum Gasteiger partial charge on any atom is 0.228 e. The van der Waals surface area contributed by atoms with Crippen molar-refractivity contribution in [3.8, 4) is 11.3 Å². The fourth-order valence-electron chi connectivity index (χ4n) is 3.13. The lowest BCUT2D eigenvalue weighted by Gasteiger charge is -2.11. The third-order valence-electron chi connectivity index (χ3n) is 4.36. The van der Waals surface area contributed by atoms with E-state index in [0.29, 0.717) is 16.5 Å². The summed E-state index contributed by atoms with van der Waals surface area (Å²) in [6, 6.07) is 13.6. The molecule has 0 radical (unpaired) electrons. The quantitative estimate of drug-likeness (QED) is 0.772. The van der Waals surface area contributed by atoms with Crippen LogP contribution in [0.2, 0.25) is 5.02 Å². The van der Waals surface area contributed by atoms with Gasteiger partial charge >= 0.3 is 0 Å². The number of rotatable bonds is 3. The Morgan fingerprint density at radius 3 is 2.54 bits per heavy atom. The predicted octanol–water partition coefficient (Wildman–Crippen LogP) is 4.35. The van der Waals surface area contributed by atoms with Crippen LogP contribution in [0.4, 0.5) is 5.69 Å². The van der Waals surface area contributed by atoms with Gasteiger partial charge in [0, 0.05) is 17.2 Å². The molecular weight excluding hydrogens is 324 g/mol. The van der Waals surface area contributed by atoms with Crippen molar-refractivity contribution in [2.75, 3.05) is 5.32 Å². The Bertz CT molecular complexity index is 865. The minimum absolute atomic E-state index is 0.0229. The molecule has 0 atom stereocenters.